The number of hydrogen-bond acceptors (Lipinski definition) is 6. The van der Waals surface area contributed by atoms with Crippen LogP contribution in [0.15, 0.2) is 18.3 Å². The number of hydrogen-bond donors (Lipinski definition) is 2. The van der Waals surface area contributed by atoms with E-state index in [4.69, 9.17) is 15.6 Å². The van der Waals surface area contributed by atoms with Gasteiger partial charge in [-0.15, -0.1) is 11.3 Å². The van der Waals surface area contributed by atoms with E-state index < -0.39 is 0 Å². The number of nitrogens with zero attached hydrogens (tertiary/aromatic N) is 2. The molecule has 0 aromatic carbocycles. The van der Waals surface area contributed by atoms with Gasteiger partial charge in [-0.1, -0.05) is 0 Å². The summed E-state index contributed by atoms with van der Waals surface area (Å²) in [6.45, 7) is 0.980. The molecule has 2 aromatic rings. The zero-order chi connectivity index (χ0) is 14.5. The number of rotatable bonds is 6. The minimum absolute atomic E-state index is 0.0987. The Hall–Kier alpha value is -1.70. The molecule has 0 aliphatic carbocycles. The van der Waals surface area contributed by atoms with Gasteiger partial charge >= 0.3 is 0 Å². The Morgan fingerprint density at radius 1 is 1.55 bits per heavy atom. The van der Waals surface area contributed by atoms with Crippen molar-refractivity contribution in [1.29, 1.82) is 0 Å². The van der Waals surface area contributed by atoms with E-state index in [1.807, 2.05) is 6.07 Å². The maximum atomic E-state index is 12.5. The molecule has 108 valence electrons. The zero-order valence-electron chi connectivity index (χ0n) is 11.2. The zero-order valence-corrected chi connectivity index (χ0v) is 12.0. The molecule has 0 aliphatic heterocycles. The predicted octanol–water partition coefficient (Wildman–Crippen LogP) is 0.959. The van der Waals surface area contributed by atoms with E-state index in [1.54, 1.807) is 19.4 Å². The Morgan fingerprint density at radius 3 is 3.00 bits per heavy atom. The smallest absolute Gasteiger partial charge is 0.266 e. The molecule has 7 heteroatoms. The molecule has 0 saturated carbocycles. The van der Waals surface area contributed by atoms with Gasteiger partial charge in [-0.05, 0) is 12.1 Å². The highest BCUT2D eigenvalue weighted by Crippen LogP contribution is 2.32. The molecular formula is C13H17N3O3S. The van der Waals surface area contributed by atoms with Crippen LogP contribution in [0.2, 0.25) is 0 Å². The minimum atomic E-state index is -0.198. The van der Waals surface area contributed by atoms with Crippen LogP contribution in [0.25, 0.3) is 10.2 Å². The largest absolute Gasteiger partial charge is 0.397 e. The molecule has 0 fully saturated rings. The molecule has 6 nitrogen and oxygen atoms in total. The van der Waals surface area contributed by atoms with Crippen LogP contribution in [0.1, 0.15) is 9.67 Å². The molecule has 0 unspecified atom stereocenters. The second-order valence-electron chi connectivity index (χ2n) is 4.21. The van der Waals surface area contributed by atoms with Gasteiger partial charge in [-0.2, -0.15) is 0 Å². The number of ether oxygens (including phenoxy) is 1. The Labute approximate surface area is 120 Å². The first kappa shape index (κ1) is 14.7. The molecule has 3 N–H and O–H groups in total. The third-order valence-electron chi connectivity index (χ3n) is 2.92. The number of carbonyl (C=O) groups excluding carboxylic acids is 1. The SMILES string of the molecule is COCCN(CCO)C(=O)c1sc2ncccc2c1N. The highest BCUT2D eigenvalue weighted by Gasteiger charge is 2.22. The summed E-state index contributed by atoms with van der Waals surface area (Å²) in [7, 11) is 1.57. The van der Waals surface area contributed by atoms with Gasteiger partial charge in [0.15, 0.2) is 0 Å². The topological polar surface area (TPSA) is 88.7 Å². The van der Waals surface area contributed by atoms with Crippen LogP contribution in [0.5, 0.6) is 0 Å². The van der Waals surface area contributed by atoms with Gasteiger partial charge < -0.3 is 20.5 Å². The summed E-state index contributed by atoms with van der Waals surface area (Å²) >= 11 is 1.27. The number of methoxy groups -OCH3 is 1. The number of fused-ring (bicyclic) bond motifs is 1. The number of aromatic nitrogens is 1. The van der Waals surface area contributed by atoms with Gasteiger partial charge in [0.2, 0.25) is 0 Å². The first-order chi connectivity index (χ1) is 9.69. The summed E-state index contributed by atoms with van der Waals surface area (Å²) in [5, 5.41) is 9.85. The van der Waals surface area contributed by atoms with Crippen molar-refractivity contribution in [2.24, 2.45) is 0 Å². The average Bonchev–Trinajstić information content (AvgIpc) is 2.80. The lowest BCUT2D eigenvalue weighted by Gasteiger charge is -2.20. The first-order valence-electron chi connectivity index (χ1n) is 6.21. The third kappa shape index (κ3) is 2.90. The average molecular weight is 295 g/mol. The van der Waals surface area contributed by atoms with E-state index in [2.05, 4.69) is 4.98 Å². The number of amides is 1. The molecule has 1 amide bonds. The van der Waals surface area contributed by atoms with E-state index in [0.29, 0.717) is 23.7 Å². The molecular weight excluding hydrogens is 278 g/mol. The van der Waals surface area contributed by atoms with Crippen LogP contribution in [0.3, 0.4) is 0 Å². The van der Waals surface area contributed by atoms with E-state index in [-0.39, 0.29) is 19.1 Å². The molecule has 0 aliphatic rings. The summed E-state index contributed by atoms with van der Waals surface area (Å²) in [6.07, 6.45) is 1.67. The third-order valence-corrected chi connectivity index (χ3v) is 4.04. The van der Waals surface area contributed by atoms with Crippen LogP contribution in [0, 0.1) is 0 Å². The summed E-state index contributed by atoms with van der Waals surface area (Å²) in [4.78, 5) is 19.4. The minimum Gasteiger partial charge on any atom is -0.397 e. The van der Waals surface area contributed by atoms with Crippen molar-refractivity contribution in [2.75, 3.05) is 39.1 Å². The van der Waals surface area contributed by atoms with Crippen LogP contribution < -0.4 is 5.73 Å². The Bertz CT molecular complexity index is 600. The van der Waals surface area contributed by atoms with Crippen LogP contribution in [-0.2, 0) is 4.74 Å². The Morgan fingerprint density at radius 2 is 2.35 bits per heavy atom. The maximum Gasteiger partial charge on any atom is 0.266 e. The van der Waals surface area contributed by atoms with Crippen molar-refractivity contribution in [1.82, 2.24) is 9.88 Å². The van der Waals surface area contributed by atoms with Crippen molar-refractivity contribution in [2.45, 2.75) is 0 Å². The van der Waals surface area contributed by atoms with Crippen LogP contribution in [0.4, 0.5) is 5.69 Å². The lowest BCUT2D eigenvalue weighted by molar-refractivity contribution is 0.0662. The van der Waals surface area contributed by atoms with Crippen molar-refractivity contribution in [3.8, 4) is 0 Å². The normalized spacial score (nSPS) is 10.9. The maximum absolute atomic E-state index is 12.5. The number of aliphatic hydroxyl groups is 1. The van der Waals surface area contributed by atoms with Gasteiger partial charge in [0.25, 0.3) is 5.91 Å². The number of carbonyl (C=O) groups is 1. The highest BCUT2D eigenvalue weighted by molar-refractivity contribution is 7.21. The number of aliphatic hydroxyl groups excluding tert-OH is 1. The van der Waals surface area contributed by atoms with Gasteiger partial charge in [-0.3, -0.25) is 4.79 Å². The monoisotopic (exact) mass is 295 g/mol. The van der Waals surface area contributed by atoms with Crippen molar-refractivity contribution >= 4 is 33.1 Å². The molecule has 2 heterocycles. The van der Waals surface area contributed by atoms with Gasteiger partial charge in [0, 0.05) is 31.8 Å². The van der Waals surface area contributed by atoms with Crippen molar-refractivity contribution < 1.29 is 14.6 Å². The van der Waals surface area contributed by atoms with E-state index in [1.165, 1.54) is 16.2 Å². The van der Waals surface area contributed by atoms with Gasteiger partial charge in [-0.25, -0.2) is 4.98 Å². The molecule has 2 aromatic heterocycles. The van der Waals surface area contributed by atoms with E-state index in [9.17, 15) is 4.79 Å². The molecule has 20 heavy (non-hydrogen) atoms. The standard InChI is InChI=1S/C13H17N3O3S/c1-19-8-6-16(5-7-17)13(18)11-10(14)9-3-2-4-15-12(9)20-11/h2-4,17H,5-8,14H2,1H3. The predicted molar refractivity (Wildman–Crippen MR) is 78.9 cm³/mol. The number of nitrogens with two attached hydrogens (primary N) is 1. The Kier molecular flexibility index (Phi) is 4.89. The van der Waals surface area contributed by atoms with E-state index in [0.717, 1.165) is 10.2 Å². The quantitative estimate of drug-likeness (QED) is 0.828. The summed E-state index contributed by atoms with van der Waals surface area (Å²) in [6, 6.07) is 3.63. The molecule has 0 bridgehead atoms. The molecule has 0 atom stereocenters. The van der Waals surface area contributed by atoms with E-state index >= 15 is 0 Å². The molecule has 0 saturated heterocycles. The fraction of sp³-hybridized carbons (Fsp3) is 0.385. The summed E-state index contributed by atoms with van der Waals surface area (Å²) in [5.41, 5.74) is 6.48. The Balaban J connectivity index is 2.30. The van der Waals surface area contributed by atoms with Gasteiger partial charge in [0.1, 0.15) is 9.71 Å². The van der Waals surface area contributed by atoms with Crippen molar-refractivity contribution in [3.05, 3.63) is 23.2 Å². The van der Waals surface area contributed by atoms with Crippen LogP contribution in [-0.4, -0.2) is 54.3 Å². The molecule has 2 rings (SSSR count). The highest BCUT2D eigenvalue weighted by atomic mass is 32.1. The number of anilines is 1. The second kappa shape index (κ2) is 6.65. The summed E-state index contributed by atoms with van der Waals surface area (Å²) in [5.74, 6) is -0.198. The summed E-state index contributed by atoms with van der Waals surface area (Å²) < 4.78 is 4.98. The lowest BCUT2D eigenvalue weighted by atomic mass is 10.2. The van der Waals surface area contributed by atoms with Crippen molar-refractivity contribution in [3.63, 3.8) is 0 Å². The molecule has 0 spiro atoms. The molecule has 0 radical (unpaired) electrons. The number of nitrogen functional groups attached to an aromatic ring is 1. The second-order valence-corrected chi connectivity index (χ2v) is 5.21. The first-order valence-corrected chi connectivity index (χ1v) is 7.02. The number of pyridine rings is 1. The fourth-order valence-corrected chi connectivity index (χ4v) is 2.92. The van der Waals surface area contributed by atoms with Crippen LogP contribution >= 0.6 is 11.3 Å². The fourth-order valence-electron chi connectivity index (χ4n) is 1.89. The van der Waals surface area contributed by atoms with Gasteiger partial charge in [0.05, 0.1) is 18.9 Å². The lowest BCUT2D eigenvalue weighted by Crippen LogP contribution is -2.36. The number of thiophene rings is 1.